The van der Waals surface area contributed by atoms with Crippen molar-refractivity contribution in [3.05, 3.63) is 120 Å². The third-order valence-electron chi connectivity index (χ3n) is 4.12. The molecule has 0 aliphatic carbocycles. The van der Waals surface area contributed by atoms with Crippen LogP contribution in [0, 0.1) is 12.1 Å². The average molecular weight is 569 g/mol. The third kappa shape index (κ3) is 5.15. The Hall–Kier alpha value is -3.40. The molecule has 0 aliphatic rings. The Balaban J connectivity index is 0.000000175. The number of hydrogen-bond donors (Lipinski definition) is 0. The van der Waals surface area contributed by atoms with Crippen LogP contribution >= 0.6 is 0 Å². The zero-order valence-electron chi connectivity index (χ0n) is 15.8. The van der Waals surface area contributed by atoms with Gasteiger partial charge >= 0.3 is 0 Å². The number of fused-ring (bicyclic) bond motifs is 1. The van der Waals surface area contributed by atoms with Crippen LogP contribution in [0.2, 0.25) is 0 Å². The van der Waals surface area contributed by atoms with Crippen molar-refractivity contribution in [3.63, 3.8) is 0 Å². The topological polar surface area (TPSA) is 56.0 Å². The summed E-state index contributed by atoms with van der Waals surface area (Å²) >= 11 is 0. The summed E-state index contributed by atoms with van der Waals surface area (Å²) in [7, 11) is 0. The van der Waals surface area contributed by atoms with Gasteiger partial charge in [0.2, 0.25) is 0 Å². The van der Waals surface area contributed by atoms with Crippen LogP contribution in [0.4, 0.5) is 0 Å². The monoisotopic (exact) mass is 569 g/mol. The van der Waals surface area contributed by atoms with Gasteiger partial charge in [0.1, 0.15) is 0 Å². The second-order valence-electron chi connectivity index (χ2n) is 6.09. The van der Waals surface area contributed by atoms with Gasteiger partial charge in [-0.1, -0.05) is 47.9 Å². The van der Waals surface area contributed by atoms with Crippen molar-refractivity contribution >= 4 is 11.0 Å². The van der Waals surface area contributed by atoms with Gasteiger partial charge in [-0.05, 0) is 23.4 Å². The molecule has 2 aromatic carbocycles. The molecule has 0 N–H and O–H groups in total. The number of nitrogens with zero attached hydrogens (tertiary/aromatic N) is 2. The van der Waals surface area contributed by atoms with Gasteiger partial charge in [-0.3, -0.25) is 9.78 Å². The van der Waals surface area contributed by atoms with E-state index in [1.54, 1.807) is 30.6 Å². The van der Waals surface area contributed by atoms with Gasteiger partial charge in [0.05, 0.1) is 5.58 Å². The molecule has 0 aliphatic heterocycles. The third-order valence-corrected chi connectivity index (χ3v) is 4.12. The van der Waals surface area contributed by atoms with E-state index in [0.29, 0.717) is 16.8 Å². The molecule has 0 unspecified atom stereocenters. The minimum atomic E-state index is -0.414. The molecule has 5 aromatic rings. The molecule has 0 saturated heterocycles. The van der Waals surface area contributed by atoms with Crippen molar-refractivity contribution in [1.82, 2.24) is 9.97 Å². The van der Waals surface area contributed by atoms with Crippen LogP contribution in [0.1, 0.15) is 0 Å². The van der Waals surface area contributed by atoms with Crippen molar-refractivity contribution in [2.24, 2.45) is 0 Å². The molecule has 5 rings (SSSR count). The van der Waals surface area contributed by atoms with Gasteiger partial charge < -0.3 is 9.40 Å². The Morgan fingerprint density at radius 1 is 0.733 bits per heavy atom. The summed E-state index contributed by atoms with van der Waals surface area (Å²) in [4.78, 5) is 20.1. The molecule has 0 atom stereocenters. The van der Waals surface area contributed by atoms with E-state index < -0.39 is 5.63 Å². The first-order chi connectivity index (χ1) is 14.3. The minimum absolute atomic E-state index is 0. The fourth-order valence-electron chi connectivity index (χ4n) is 2.75. The number of aromatic nitrogens is 2. The fourth-order valence-corrected chi connectivity index (χ4v) is 2.75. The summed E-state index contributed by atoms with van der Waals surface area (Å²) < 4.78 is 5.22. The van der Waals surface area contributed by atoms with Crippen molar-refractivity contribution in [3.8, 4) is 22.5 Å². The van der Waals surface area contributed by atoms with E-state index in [2.05, 4.69) is 22.1 Å². The SMILES string of the molecule is O=c1oc2ccccc2[c-]c1-c1ccccn1.[Ir].[c-]1ccccc1-c1ccccn1. The molecule has 30 heavy (non-hydrogen) atoms. The normalized spacial score (nSPS) is 9.87. The summed E-state index contributed by atoms with van der Waals surface area (Å²) in [6.45, 7) is 0. The number of pyridine rings is 2. The molecule has 5 heteroatoms. The Morgan fingerprint density at radius 3 is 2.07 bits per heavy atom. The van der Waals surface area contributed by atoms with Crippen LogP contribution in [0.3, 0.4) is 0 Å². The van der Waals surface area contributed by atoms with E-state index >= 15 is 0 Å². The van der Waals surface area contributed by atoms with Crippen LogP contribution in [0.25, 0.3) is 33.5 Å². The first-order valence-electron chi connectivity index (χ1n) is 9.06. The first-order valence-corrected chi connectivity index (χ1v) is 9.06. The van der Waals surface area contributed by atoms with Crippen molar-refractivity contribution < 1.29 is 24.5 Å². The van der Waals surface area contributed by atoms with Gasteiger partial charge in [0.15, 0.2) is 0 Å². The van der Waals surface area contributed by atoms with Crippen LogP contribution in [0.15, 0.2) is 107 Å². The minimum Gasteiger partial charge on any atom is -0.496 e. The van der Waals surface area contributed by atoms with Gasteiger partial charge in [-0.15, -0.1) is 48.0 Å². The average Bonchev–Trinajstić information content (AvgIpc) is 2.81. The van der Waals surface area contributed by atoms with E-state index in [0.717, 1.165) is 16.6 Å². The molecule has 0 amide bonds. The van der Waals surface area contributed by atoms with Crippen LogP contribution in [-0.4, -0.2) is 9.97 Å². The maximum atomic E-state index is 11.8. The molecule has 3 aromatic heterocycles. The van der Waals surface area contributed by atoms with E-state index in [-0.39, 0.29) is 20.1 Å². The van der Waals surface area contributed by atoms with E-state index in [1.807, 2.05) is 66.7 Å². The number of rotatable bonds is 2. The molecule has 0 saturated carbocycles. The summed E-state index contributed by atoms with van der Waals surface area (Å²) in [5, 5.41) is 0.771. The quantitative estimate of drug-likeness (QED) is 0.217. The van der Waals surface area contributed by atoms with Crippen LogP contribution in [-0.2, 0) is 20.1 Å². The predicted octanol–water partition coefficient (Wildman–Crippen LogP) is 5.20. The van der Waals surface area contributed by atoms with Crippen molar-refractivity contribution in [1.29, 1.82) is 0 Å². The Morgan fingerprint density at radius 2 is 1.40 bits per heavy atom. The number of para-hydroxylation sites is 1. The van der Waals surface area contributed by atoms with Crippen molar-refractivity contribution in [2.75, 3.05) is 0 Å². The Labute approximate surface area is 187 Å². The molecular weight excluding hydrogens is 553 g/mol. The summed E-state index contributed by atoms with van der Waals surface area (Å²) in [6, 6.07) is 32.5. The van der Waals surface area contributed by atoms with Crippen LogP contribution in [0.5, 0.6) is 0 Å². The Kier molecular flexibility index (Phi) is 7.39. The molecule has 0 fully saturated rings. The summed E-state index contributed by atoms with van der Waals surface area (Å²) in [5.41, 5.74) is 3.08. The molecule has 0 bridgehead atoms. The molecular formula is C25H16IrN2O2-2. The number of hydrogen-bond acceptors (Lipinski definition) is 4. The van der Waals surface area contributed by atoms with Gasteiger partial charge in [-0.25, -0.2) is 0 Å². The van der Waals surface area contributed by atoms with E-state index in [4.69, 9.17) is 4.42 Å². The zero-order valence-corrected chi connectivity index (χ0v) is 18.2. The zero-order chi connectivity index (χ0) is 19.9. The Bertz CT molecular complexity index is 1220. The molecule has 0 spiro atoms. The maximum Gasteiger partial charge on any atom is 0.268 e. The molecule has 4 nitrogen and oxygen atoms in total. The molecule has 3 heterocycles. The largest absolute Gasteiger partial charge is 0.496 e. The molecule has 149 valence electrons. The van der Waals surface area contributed by atoms with E-state index in [9.17, 15) is 4.79 Å². The summed E-state index contributed by atoms with van der Waals surface area (Å²) in [5.74, 6) is 0. The summed E-state index contributed by atoms with van der Waals surface area (Å²) in [6.07, 6.45) is 3.42. The standard InChI is InChI=1S/C14H8NO2.C11H8N.Ir/c16-14-11(12-6-3-4-8-15-12)9-10-5-1-2-7-13(10)17-14;1-2-6-10(7-3-1)11-8-4-5-9-12-11;/h1-8H;1-6,8-9H;/q2*-1;. The fraction of sp³-hybridized carbons (Fsp3) is 0. The second kappa shape index (κ2) is 10.4. The predicted molar refractivity (Wildman–Crippen MR) is 113 cm³/mol. The first kappa shape index (κ1) is 21.3. The second-order valence-corrected chi connectivity index (χ2v) is 6.09. The molecule has 1 radical (unpaired) electrons. The maximum absolute atomic E-state index is 11.8. The van der Waals surface area contributed by atoms with Gasteiger partial charge in [0, 0.05) is 38.2 Å². The van der Waals surface area contributed by atoms with Crippen molar-refractivity contribution in [2.45, 2.75) is 0 Å². The number of benzene rings is 2. The van der Waals surface area contributed by atoms with Gasteiger partial charge in [0.25, 0.3) is 5.63 Å². The van der Waals surface area contributed by atoms with Crippen LogP contribution < -0.4 is 5.63 Å². The smallest absolute Gasteiger partial charge is 0.268 e. The van der Waals surface area contributed by atoms with E-state index in [1.165, 1.54) is 0 Å². The van der Waals surface area contributed by atoms with Gasteiger partial charge in [-0.2, -0.15) is 0 Å².